The molecule has 0 aliphatic heterocycles. The van der Waals surface area contributed by atoms with Crippen LogP contribution in [-0.2, 0) is 20.3 Å². The van der Waals surface area contributed by atoms with E-state index in [1.165, 1.54) is 37.4 Å². The van der Waals surface area contributed by atoms with Gasteiger partial charge in [-0.1, -0.05) is 29.8 Å². The second-order valence-corrected chi connectivity index (χ2v) is 6.77. The van der Waals surface area contributed by atoms with Crippen LogP contribution in [0.25, 0.3) is 0 Å². The van der Waals surface area contributed by atoms with Crippen LogP contribution in [0.5, 0.6) is 0 Å². The lowest BCUT2D eigenvalue weighted by Crippen LogP contribution is -2.07. The molecular weight excluding hydrogens is 312 g/mol. The molecule has 0 fully saturated rings. The number of methoxy groups -OCH3 is 1. The van der Waals surface area contributed by atoms with Gasteiger partial charge in [0.15, 0.2) is 9.84 Å². The average Bonchev–Trinajstić information content (AvgIpc) is 2.49. The van der Waals surface area contributed by atoms with Crippen molar-refractivity contribution >= 4 is 27.4 Å². The van der Waals surface area contributed by atoms with E-state index >= 15 is 0 Å². The SMILES string of the molecule is COC(=O)c1ccc(Cl)c(CS(=O)(=O)c2ccccc2)c1. The number of hydrogen-bond donors (Lipinski definition) is 0. The van der Waals surface area contributed by atoms with Crippen molar-refractivity contribution < 1.29 is 17.9 Å². The number of esters is 1. The Hall–Kier alpha value is -1.85. The lowest BCUT2D eigenvalue weighted by Gasteiger charge is -2.08. The molecule has 2 aromatic rings. The van der Waals surface area contributed by atoms with Crippen LogP contribution in [0, 0.1) is 0 Å². The maximum absolute atomic E-state index is 12.3. The molecule has 0 amide bonds. The summed E-state index contributed by atoms with van der Waals surface area (Å²) < 4.78 is 29.3. The first kappa shape index (κ1) is 15.5. The molecule has 0 aromatic heterocycles. The van der Waals surface area contributed by atoms with E-state index in [0.29, 0.717) is 10.6 Å². The van der Waals surface area contributed by atoms with Crippen molar-refractivity contribution in [3.8, 4) is 0 Å². The Labute approximate surface area is 128 Å². The average molecular weight is 325 g/mol. The minimum Gasteiger partial charge on any atom is -0.465 e. The summed E-state index contributed by atoms with van der Waals surface area (Å²) in [6.45, 7) is 0. The molecule has 0 aliphatic rings. The second kappa shape index (κ2) is 6.28. The fourth-order valence-electron chi connectivity index (χ4n) is 1.85. The Kier molecular flexibility index (Phi) is 4.65. The van der Waals surface area contributed by atoms with Crippen LogP contribution in [0.1, 0.15) is 15.9 Å². The normalized spacial score (nSPS) is 11.1. The van der Waals surface area contributed by atoms with Crippen molar-refractivity contribution in [1.29, 1.82) is 0 Å². The van der Waals surface area contributed by atoms with Gasteiger partial charge < -0.3 is 4.74 Å². The maximum atomic E-state index is 12.3. The predicted octanol–water partition coefficient (Wildman–Crippen LogP) is 3.10. The number of sulfone groups is 1. The Balaban J connectivity index is 2.37. The maximum Gasteiger partial charge on any atom is 0.337 e. The highest BCUT2D eigenvalue weighted by Gasteiger charge is 2.18. The van der Waals surface area contributed by atoms with E-state index < -0.39 is 15.8 Å². The van der Waals surface area contributed by atoms with Crippen molar-refractivity contribution in [2.45, 2.75) is 10.6 Å². The minimum atomic E-state index is -3.52. The summed E-state index contributed by atoms with van der Waals surface area (Å²) in [5.74, 6) is -0.814. The topological polar surface area (TPSA) is 60.4 Å². The zero-order valence-corrected chi connectivity index (χ0v) is 12.8. The van der Waals surface area contributed by atoms with E-state index in [-0.39, 0.29) is 16.2 Å². The van der Waals surface area contributed by atoms with E-state index in [1.54, 1.807) is 18.2 Å². The zero-order valence-electron chi connectivity index (χ0n) is 11.2. The van der Waals surface area contributed by atoms with E-state index in [1.807, 2.05) is 0 Å². The molecule has 0 unspecified atom stereocenters. The molecule has 0 atom stereocenters. The van der Waals surface area contributed by atoms with Crippen molar-refractivity contribution in [2.75, 3.05) is 7.11 Å². The number of carbonyl (C=O) groups is 1. The van der Waals surface area contributed by atoms with Crippen molar-refractivity contribution in [2.24, 2.45) is 0 Å². The van der Waals surface area contributed by atoms with E-state index in [4.69, 9.17) is 11.6 Å². The quantitative estimate of drug-likeness (QED) is 0.811. The van der Waals surface area contributed by atoms with Gasteiger partial charge in [0.1, 0.15) is 0 Å². The molecule has 0 saturated carbocycles. The first-order chi connectivity index (χ1) is 9.94. The third kappa shape index (κ3) is 3.62. The Morgan fingerprint density at radius 3 is 2.43 bits per heavy atom. The first-order valence-corrected chi connectivity index (χ1v) is 8.11. The van der Waals surface area contributed by atoms with Gasteiger partial charge in [-0.25, -0.2) is 13.2 Å². The van der Waals surface area contributed by atoms with Crippen LogP contribution >= 0.6 is 11.6 Å². The molecule has 0 spiro atoms. The predicted molar refractivity (Wildman–Crippen MR) is 80.1 cm³/mol. The summed E-state index contributed by atoms with van der Waals surface area (Å²) in [6, 6.07) is 12.5. The Morgan fingerprint density at radius 1 is 1.14 bits per heavy atom. The highest BCUT2D eigenvalue weighted by molar-refractivity contribution is 7.90. The number of hydrogen-bond acceptors (Lipinski definition) is 4. The molecule has 110 valence electrons. The Morgan fingerprint density at radius 2 is 1.81 bits per heavy atom. The monoisotopic (exact) mass is 324 g/mol. The van der Waals surface area contributed by atoms with Gasteiger partial charge in [-0.15, -0.1) is 0 Å². The van der Waals surface area contributed by atoms with Crippen LogP contribution in [-0.4, -0.2) is 21.5 Å². The highest BCUT2D eigenvalue weighted by Crippen LogP contribution is 2.23. The Bertz CT molecular complexity index is 754. The fourth-order valence-corrected chi connectivity index (χ4v) is 3.50. The molecule has 21 heavy (non-hydrogen) atoms. The lowest BCUT2D eigenvalue weighted by molar-refractivity contribution is 0.0600. The third-order valence-corrected chi connectivity index (χ3v) is 4.96. The van der Waals surface area contributed by atoms with Crippen molar-refractivity contribution in [3.63, 3.8) is 0 Å². The van der Waals surface area contributed by atoms with Gasteiger partial charge in [0.05, 0.1) is 23.3 Å². The van der Waals surface area contributed by atoms with Crippen molar-refractivity contribution in [1.82, 2.24) is 0 Å². The molecule has 0 aliphatic carbocycles. The summed E-state index contributed by atoms with van der Waals surface area (Å²) in [5.41, 5.74) is 0.628. The first-order valence-electron chi connectivity index (χ1n) is 6.08. The molecule has 0 heterocycles. The molecule has 0 bridgehead atoms. The fraction of sp³-hybridized carbons (Fsp3) is 0.133. The molecule has 0 radical (unpaired) electrons. The van der Waals surface area contributed by atoms with Gasteiger partial charge in [0.2, 0.25) is 0 Å². The summed E-state index contributed by atoms with van der Waals surface area (Å²) >= 11 is 6.02. The molecule has 0 saturated heterocycles. The van der Waals surface area contributed by atoms with Crippen molar-refractivity contribution in [3.05, 3.63) is 64.7 Å². The van der Waals surface area contributed by atoms with Gasteiger partial charge in [-0.3, -0.25) is 0 Å². The van der Waals surface area contributed by atoms with Gasteiger partial charge in [-0.05, 0) is 35.9 Å². The smallest absolute Gasteiger partial charge is 0.337 e. The third-order valence-electron chi connectivity index (χ3n) is 2.91. The number of halogens is 1. The molecule has 2 aromatic carbocycles. The largest absolute Gasteiger partial charge is 0.465 e. The summed E-state index contributed by atoms with van der Waals surface area (Å²) in [7, 11) is -2.26. The zero-order chi connectivity index (χ0) is 15.5. The van der Waals surface area contributed by atoms with Crippen LogP contribution in [0.2, 0.25) is 5.02 Å². The van der Waals surface area contributed by atoms with Crippen LogP contribution in [0.15, 0.2) is 53.4 Å². The molecule has 6 heteroatoms. The van der Waals surface area contributed by atoms with E-state index in [2.05, 4.69) is 4.74 Å². The van der Waals surface area contributed by atoms with Crippen LogP contribution < -0.4 is 0 Å². The minimum absolute atomic E-state index is 0.213. The van der Waals surface area contributed by atoms with Gasteiger partial charge in [0, 0.05) is 5.02 Å². The van der Waals surface area contributed by atoms with Gasteiger partial charge >= 0.3 is 5.97 Å². The van der Waals surface area contributed by atoms with E-state index in [0.717, 1.165) is 0 Å². The molecular formula is C15H13ClO4S. The number of carbonyl (C=O) groups excluding carboxylic acids is 1. The van der Waals surface area contributed by atoms with Gasteiger partial charge in [0.25, 0.3) is 0 Å². The van der Waals surface area contributed by atoms with E-state index in [9.17, 15) is 13.2 Å². The number of benzene rings is 2. The number of rotatable bonds is 4. The summed E-state index contributed by atoms with van der Waals surface area (Å²) in [4.78, 5) is 11.7. The molecule has 4 nitrogen and oxygen atoms in total. The second-order valence-electron chi connectivity index (χ2n) is 4.37. The van der Waals surface area contributed by atoms with Crippen LogP contribution in [0.4, 0.5) is 0 Å². The van der Waals surface area contributed by atoms with Gasteiger partial charge in [-0.2, -0.15) is 0 Å². The highest BCUT2D eigenvalue weighted by atomic mass is 35.5. The summed E-state index contributed by atoms with van der Waals surface area (Å²) in [6.07, 6.45) is 0. The standard InChI is InChI=1S/C15H13ClO4S/c1-20-15(17)11-7-8-14(16)12(9-11)10-21(18,19)13-5-3-2-4-6-13/h2-9H,10H2,1H3. The lowest BCUT2D eigenvalue weighted by atomic mass is 10.1. The summed E-state index contributed by atoms with van der Waals surface area (Å²) in [5, 5.41) is 0.294. The van der Waals surface area contributed by atoms with Crippen LogP contribution in [0.3, 0.4) is 0 Å². The number of ether oxygens (including phenoxy) is 1. The molecule has 0 N–H and O–H groups in total. The molecule has 2 rings (SSSR count).